The summed E-state index contributed by atoms with van der Waals surface area (Å²) in [5.41, 5.74) is 6.92. The van der Waals surface area contributed by atoms with E-state index in [4.69, 9.17) is 15.2 Å². The van der Waals surface area contributed by atoms with E-state index in [2.05, 4.69) is 15.9 Å². The average Bonchev–Trinajstić information content (AvgIpc) is 2.39. The number of benzene rings is 2. The lowest BCUT2D eigenvalue weighted by Crippen LogP contribution is -2.05. The van der Waals surface area contributed by atoms with Crippen molar-refractivity contribution in [2.45, 2.75) is 13.0 Å². The summed E-state index contributed by atoms with van der Waals surface area (Å²) in [6, 6.07) is 13.2. The van der Waals surface area contributed by atoms with E-state index in [1.807, 2.05) is 49.4 Å². The van der Waals surface area contributed by atoms with Crippen LogP contribution in [-0.2, 0) is 0 Å². The molecular formula is C15H16BrNO2. The molecule has 2 N–H and O–H groups in total. The Morgan fingerprint density at radius 1 is 1.00 bits per heavy atom. The van der Waals surface area contributed by atoms with Gasteiger partial charge in [0.05, 0.1) is 7.11 Å². The highest BCUT2D eigenvalue weighted by molar-refractivity contribution is 9.10. The first-order valence-corrected chi connectivity index (χ1v) is 6.76. The molecule has 2 rings (SSSR count). The smallest absolute Gasteiger partial charge is 0.128 e. The fourth-order valence-corrected chi connectivity index (χ4v) is 2.44. The van der Waals surface area contributed by atoms with Crippen LogP contribution >= 0.6 is 15.9 Å². The van der Waals surface area contributed by atoms with E-state index in [0.29, 0.717) is 0 Å². The quantitative estimate of drug-likeness (QED) is 0.914. The molecule has 0 aliphatic rings. The van der Waals surface area contributed by atoms with Crippen LogP contribution in [0.3, 0.4) is 0 Å². The van der Waals surface area contributed by atoms with Gasteiger partial charge in [0, 0.05) is 10.5 Å². The summed E-state index contributed by atoms with van der Waals surface area (Å²) < 4.78 is 11.8. The third kappa shape index (κ3) is 3.49. The van der Waals surface area contributed by atoms with Gasteiger partial charge in [0.15, 0.2) is 0 Å². The van der Waals surface area contributed by atoms with Crippen LogP contribution in [0.4, 0.5) is 0 Å². The van der Waals surface area contributed by atoms with E-state index in [0.717, 1.165) is 27.3 Å². The second kappa shape index (κ2) is 6.08. The van der Waals surface area contributed by atoms with Gasteiger partial charge < -0.3 is 15.2 Å². The van der Waals surface area contributed by atoms with Gasteiger partial charge in [0.1, 0.15) is 17.2 Å². The predicted octanol–water partition coefficient (Wildman–Crippen LogP) is 4.27. The van der Waals surface area contributed by atoms with E-state index in [1.54, 1.807) is 7.11 Å². The van der Waals surface area contributed by atoms with Crippen molar-refractivity contribution in [3.63, 3.8) is 0 Å². The average molecular weight is 322 g/mol. The number of methoxy groups -OCH3 is 1. The maximum Gasteiger partial charge on any atom is 0.128 e. The van der Waals surface area contributed by atoms with Crippen molar-refractivity contribution in [2.24, 2.45) is 5.73 Å². The Morgan fingerprint density at radius 2 is 1.58 bits per heavy atom. The van der Waals surface area contributed by atoms with E-state index in [9.17, 15) is 0 Å². The third-order valence-corrected chi connectivity index (χ3v) is 3.44. The largest absolute Gasteiger partial charge is 0.497 e. The Labute approximate surface area is 121 Å². The number of hydrogen-bond acceptors (Lipinski definition) is 3. The molecule has 0 aromatic heterocycles. The lowest BCUT2D eigenvalue weighted by Gasteiger charge is -2.11. The molecule has 0 saturated heterocycles. The van der Waals surface area contributed by atoms with Crippen molar-refractivity contribution in [3.8, 4) is 17.2 Å². The normalized spacial score (nSPS) is 12.0. The molecule has 2 aromatic rings. The first-order valence-electron chi connectivity index (χ1n) is 5.97. The fourth-order valence-electron chi connectivity index (χ4n) is 1.72. The van der Waals surface area contributed by atoms with Gasteiger partial charge in [-0.15, -0.1) is 0 Å². The van der Waals surface area contributed by atoms with Crippen LogP contribution in [0.1, 0.15) is 18.5 Å². The summed E-state index contributed by atoms with van der Waals surface area (Å²) >= 11 is 3.50. The number of ether oxygens (including phenoxy) is 2. The Hall–Kier alpha value is -1.52. The molecule has 0 spiro atoms. The van der Waals surface area contributed by atoms with Gasteiger partial charge in [-0.1, -0.05) is 22.0 Å². The maximum atomic E-state index is 5.86. The summed E-state index contributed by atoms with van der Waals surface area (Å²) in [4.78, 5) is 0. The van der Waals surface area contributed by atoms with E-state index < -0.39 is 0 Å². The van der Waals surface area contributed by atoms with Crippen LogP contribution in [0.5, 0.6) is 17.2 Å². The summed E-state index contributed by atoms with van der Waals surface area (Å²) in [6.07, 6.45) is 0. The highest BCUT2D eigenvalue weighted by Gasteiger charge is 2.06. The van der Waals surface area contributed by atoms with Gasteiger partial charge in [-0.2, -0.15) is 0 Å². The molecule has 0 bridgehead atoms. The topological polar surface area (TPSA) is 44.5 Å². The van der Waals surface area contributed by atoms with Crippen molar-refractivity contribution in [2.75, 3.05) is 7.11 Å². The number of rotatable bonds is 4. The summed E-state index contributed by atoms with van der Waals surface area (Å²) in [5.74, 6) is 2.34. The minimum atomic E-state index is -0.00980. The molecule has 0 amide bonds. The molecule has 3 nitrogen and oxygen atoms in total. The predicted molar refractivity (Wildman–Crippen MR) is 79.8 cm³/mol. The number of nitrogens with two attached hydrogens (primary N) is 1. The summed E-state index contributed by atoms with van der Waals surface area (Å²) in [5, 5.41) is 0. The van der Waals surface area contributed by atoms with E-state index in [-0.39, 0.29) is 6.04 Å². The zero-order valence-corrected chi connectivity index (χ0v) is 12.5. The molecule has 0 heterocycles. The molecule has 19 heavy (non-hydrogen) atoms. The summed E-state index contributed by atoms with van der Waals surface area (Å²) in [7, 11) is 1.64. The second-order valence-corrected chi connectivity index (χ2v) is 5.10. The monoisotopic (exact) mass is 321 g/mol. The maximum absolute atomic E-state index is 5.86. The molecule has 0 radical (unpaired) electrons. The highest BCUT2D eigenvalue weighted by Crippen LogP contribution is 2.30. The van der Waals surface area contributed by atoms with Crippen molar-refractivity contribution in [1.82, 2.24) is 0 Å². The third-order valence-electron chi connectivity index (χ3n) is 2.76. The Morgan fingerprint density at radius 3 is 2.11 bits per heavy atom. The van der Waals surface area contributed by atoms with Gasteiger partial charge in [-0.05, 0) is 48.9 Å². The first-order chi connectivity index (χ1) is 9.10. The van der Waals surface area contributed by atoms with Gasteiger partial charge in [0.25, 0.3) is 0 Å². The molecule has 0 aliphatic carbocycles. The fraction of sp³-hybridized carbons (Fsp3) is 0.200. The van der Waals surface area contributed by atoms with Gasteiger partial charge in [-0.25, -0.2) is 0 Å². The van der Waals surface area contributed by atoms with Crippen molar-refractivity contribution < 1.29 is 9.47 Å². The number of hydrogen-bond donors (Lipinski definition) is 1. The second-order valence-electron chi connectivity index (χ2n) is 4.25. The zero-order chi connectivity index (χ0) is 13.8. The van der Waals surface area contributed by atoms with Crippen LogP contribution in [-0.4, -0.2) is 7.11 Å². The molecular weight excluding hydrogens is 306 g/mol. The minimum Gasteiger partial charge on any atom is -0.497 e. The van der Waals surface area contributed by atoms with Gasteiger partial charge >= 0.3 is 0 Å². The molecule has 0 aliphatic heterocycles. The lowest BCUT2D eigenvalue weighted by molar-refractivity contribution is 0.413. The Kier molecular flexibility index (Phi) is 4.45. The number of halogens is 1. The molecule has 100 valence electrons. The Bertz CT molecular complexity index is 553. The lowest BCUT2D eigenvalue weighted by atomic mass is 10.1. The first kappa shape index (κ1) is 13.9. The van der Waals surface area contributed by atoms with Crippen LogP contribution in [0.25, 0.3) is 0 Å². The van der Waals surface area contributed by atoms with Gasteiger partial charge in [0.2, 0.25) is 0 Å². The standard InChI is InChI=1S/C15H16BrNO2/c1-10(17)14-8-7-13(9-15(14)16)19-12-5-3-11(18-2)4-6-12/h3-10H,17H2,1-2H3/t10-/m0/s1. The minimum absolute atomic E-state index is 0.00980. The van der Waals surface area contributed by atoms with Gasteiger partial charge in [-0.3, -0.25) is 0 Å². The van der Waals surface area contributed by atoms with Crippen LogP contribution in [0.15, 0.2) is 46.9 Å². The van der Waals surface area contributed by atoms with Crippen LogP contribution < -0.4 is 15.2 Å². The van der Waals surface area contributed by atoms with Crippen molar-refractivity contribution >= 4 is 15.9 Å². The summed E-state index contributed by atoms with van der Waals surface area (Å²) in [6.45, 7) is 1.95. The van der Waals surface area contributed by atoms with Crippen molar-refractivity contribution in [1.29, 1.82) is 0 Å². The molecule has 4 heteroatoms. The highest BCUT2D eigenvalue weighted by atomic mass is 79.9. The molecule has 0 fully saturated rings. The van der Waals surface area contributed by atoms with Crippen LogP contribution in [0.2, 0.25) is 0 Å². The molecule has 2 aromatic carbocycles. The van der Waals surface area contributed by atoms with E-state index >= 15 is 0 Å². The zero-order valence-electron chi connectivity index (χ0n) is 10.9. The van der Waals surface area contributed by atoms with E-state index in [1.165, 1.54) is 0 Å². The van der Waals surface area contributed by atoms with Crippen molar-refractivity contribution in [3.05, 3.63) is 52.5 Å². The SMILES string of the molecule is COc1ccc(Oc2ccc([C@H](C)N)c(Br)c2)cc1. The van der Waals surface area contributed by atoms with Crippen LogP contribution in [0, 0.1) is 0 Å². The molecule has 1 atom stereocenters. The molecule has 0 unspecified atom stereocenters. The molecule has 0 saturated carbocycles. The Balaban J connectivity index is 2.16.